The molecule has 2 unspecified atom stereocenters. The molecule has 194 valence electrons. The summed E-state index contributed by atoms with van der Waals surface area (Å²) in [5, 5.41) is 4.35. The van der Waals surface area contributed by atoms with Crippen LogP contribution in [0.4, 0.5) is 21.6 Å². The predicted octanol–water partition coefficient (Wildman–Crippen LogP) is 6.12. The summed E-state index contributed by atoms with van der Waals surface area (Å²) in [6.07, 6.45) is 6.91. The number of nitrogens with one attached hydrogen (secondary N) is 1. The van der Waals surface area contributed by atoms with Crippen molar-refractivity contribution < 1.29 is 9.13 Å². The molecule has 4 aromatic rings. The first kappa shape index (κ1) is 25.8. The van der Waals surface area contributed by atoms with Crippen LogP contribution in [0.3, 0.4) is 0 Å². The minimum Gasteiger partial charge on any atom is -0.487 e. The number of hydrogen-bond acceptors (Lipinski definition) is 6. The lowest BCUT2D eigenvalue weighted by Gasteiger charge is -2.12. The third-order valence-corrected chi connectivity index (χ3v) is 7.54. The SMILES string of the molecule is C#Cc1cc2ncnc(Nc3ccc(OCc4cccc(F)c4)c(Cl)c3)c2cc1N.CC1C2CN(C)CC12. The van der Waals surface area contributed by atoms with E-state index in [-0.39, 0.29) is 12.4 Å². The van der Waals surface area contributed by atoms with Gasteiger partial charge in [0.15, 0.2) is 0 Å². The molecular formula is C30H29ClFN5O. The maximum absolute atomic E-state index is 13.3. The largest absolute Gasteiger partial charge is 0.487 e. The Morgan fingerprint density at radius 3 is 2.63 bits per heavy atom. The number of ether oxygens (including phenoxy) is 1. The first-order valence-corrected chi connectivity index (χ1v) is 12.8. The molecule has 6 rings (SSSR count). The molecule has 1 aliphatic carbocycles. The summed E-state index contributed by atoms with van der Waals surface area (Å²) in [6, 6.07) is 15.0. The Hall–Kier alpha value is -3.86. The quantitative estimate of drug-likeness (QED) is 0.239. The van der Waals surface area contributed by atoms with E-state index in [9.17, 15) is 4.39 Å². The molecule has 1 aliphatic heterocycles. The maximum Gasteiger partial charge on any atom is 0.141 e. The molecule has 2 heterocycles. The van der Waals surface area contributed by atoms with Crippen molar-refractivity contribution >= 4 is 39.7 Å². The highest BCUT2D eigenvalue weighted by molar-refractivity contribution is 6.32. The van der Waals surface area contributed by atoms with Crippen LogP contribution in [0.5, 0.6) is 5.75 Å². The second-order valence-electron chi connectivity index (χ2n) is 9.92. The van der Waals surface area contributed by atoms with E-state index in [1.165, 1.54) is 31.5 Å². The minimum atomic E-state index is -0.311. The smallest absolute Gasteiger partial charge is 0.141 e. The average Bonchev–Trinajstić information content (AvgIpc) is 3.28. The van der Waals surface area contributed by atoms with Gasteiger partial charge in [0.2, 0.25) is 0 Å². The number of nitrogen functional groups attached to an aromatic ring is 1. The lowest BCUT2D eigenvalue weighted by molar-refractivity contribution is 0.306. The monoisotopic (exact) mass is 529 g/mol. The van der Waals surface area contributed by atoms with E-state index in [2.05, 4.69) is 40.1 Å². The van der Waals surface area contributed by atoms with Crippen LogP contribution in [0.1, 0.15) is 18.1 Å². The fourth-order valence-electron chi connectivity index (χ4n) is 5.00. The summed E-state index contributed by atoms with van der Waals surface area (Å²) in [4.78, 5) is 11.0. The summed E-state index contributed by atoms with van der Waals surface area (Å²) in [5.74, 6) is 6.51. The third kappa shape index (κ3) is 5.67. The molecule has 3 aromatic carbocycles. The number of hydrogen-bond donors (Lipinski definition) is 2. The highest BCUT2D eigenvalue weighted by Gasteiger charge is 2.51. The topological polar surface area (TPSA) is 76.3 Å². The van der Waals surface area contributed by atoms with Gasteiger partial charge < -0.3 is 20.7 Å². The van der Waals surface area contributed by atoms with Crippen LogP contribution in [0.15, 0.2) is 60.9 Å². The summed E-state index contributed by atoms with van der Waals surface area (Å²) in [6.45, 7) is 5.32. The fraction of sp³-hybridized carbons (Fsp3) is 0.267. The molecular weight excluding hydrogens is 501 g/mol. The van der Waals surface area contributed by atoms with Crippen LogP contribution in [-0.2, 0) is 6.61 Å². The molecule has 1 saturated heterocycles. The van der Waals surface area contributed by atoms with Crippen LogP contribution in [0, 0.1) is 35.9 Å². The van der Waals surface area contributed by atoms with Crippen LogP contribution in [0.2, 0.25) is 5.02 Å². The van der Waals surface area contributed by atoms with Crippen molar-refractivity contribution in [2.45, 2.75) is 13.5 Å². The Balaban J connectivity index is 0.000000310. The van der Waals surface area contributed by atoms with Gasteiger partial charge in [0, 0.05) is 35.4 Å². The minimum absolute atomic E-state index is 0.206. The van der Waals surface area contributed by atoms with E-state index < -0.39 is 0 Å². The van der Waals surface area contributed by atoms with Gasteiger partial charge in [-0.15, -0.1) is 6.42 Å². The molecule has 0 amide bonds. The van der Waals surface area contributed by atoms with Gasteiger partial charge in [0.1, 0.15) is 30.3 Å². The first-order chi connectivity index (χ1) is 18.3. The Kier molecular flexibility index (Phi) is 7.37. The zero-order valence-corrected chi connectivity index (χ0v) is 22.0. The second-order valence-corrected chi connectivity index (χ2v) is 10.3. The number of aromatic nitrogens is 2. The van der Waals surface area contributed by atoms with Crippen molar-refractivity contribution in [3.05, 3.63) is 82.9 Å². The zero-order chi connectivity index (χ0) is 26.8. The Labute approximate surface area is 227 Å². The highest BCUT2D eigenvalue weighted by atomic mass is 35.5. The summed E-state index contributed by atoms with van der Waals surface area (Å²) >= 11 is 6.36. The van der Waals surface area contributed by atoms with Crippen molar-refractivity contribution in [3.8, 4) is 18.1 Å². The lowest BCUT2D eigenvalue weighted by atomic mass is 10.1. The molecule has 2 atom stereocenters. The standard InChI is InChI=1S/C23H16ClFN4O.C7H13N/c1-2-15-9-21-18(11-20(15)26)23(28-13-27-21)29-17-6-7-22(19(24)10-17)30-12-14-4-3-5-16(25)8-14;1-5-6-3-8(2)4-7(5)6/h1,3-11,13H,12,26H2,(H,27,28,29);5-7H,3-4H2,1-2H3. The zero-order valence-electron chi connectivity index (χ0n) is 21.3. The van der Waals surface area contributed by atoms with Crippen molar-refractivity contribution in [1.29, 1.82) is 0 Å². The normalized spacial score (nSPS) is 19.7. The molecule has 2 aliphatic rings. The van der Waals surface area contributed by atoms with Gasteiger partial charge in [-0.2, -0.15) is 0 Å². The number of fused-ring (bicyclic) bond motifs is 2. The van der Waals surface area contributed by atoms with Crippen molar-refractivity contribution in [3.63, 3.8) is 0 Å². The second kappa shape index (κ2) is 10.9. The summed E-state index contributed by atoms with van der Waals surface area (Å²) in [7, 11) is 2.22. The van der Waals surface area contributed by atoms with Gasteiger partial charge >= 0.3 is 0 Å². The maximum atomic E-state index is 13.3. The number of nitrogens with two attached hydrogens (primary N) is 1. The molecule has 1 aromatic heterocycles. The molecule has 0 spiro atoms. The van der Waals surface area contributed by atoms with Crippen molar-refractivity contribution in [1.82, 2.24) is 14.9 Å². The molecule has 1 saturated carbocycles. The Morgan fingerprint density at radius 1 is 1.16 bits per heavy atom. The number of likely N-dealkylation sites (tertiary alicyclic amines) is 1. The van der Waals surface area contributed by atoms with Gasteiger partial charge in [-0.05, 0) is 72.8 Å². The van der Waals surface area contributed by atoms with Gasteiger partial charge in [0.25, 0.3) is 0 Å². The van der Waals surface area contributed by atoms with E-state index in [0.29, 0.717) is 44.6 Å². The average molecular weight is 530 g/mol. The Morgan fingerprint density at radius 2 is 1.95 bits per heavy atom. The van der Waals surface area contributed by atoms with Gasteiger partial charge in [-0.3, -0.25) is 0 Å². The fourth-order valence-corrected chi connectivity index (χ4v) is 5.23. The molecule has 38 heavy (non-hydrogen) atoms. The van der Waals surface area contributed by atoms with E-state index in [4.69, 9.17) is 28.5 Å². The molecule has 0 radical (unpaired) electrons. The number of piperidine rings is 1. The Bertz CT molecular complexity index is 1510. The molecule has 6 nitrogen and oxygen atoms in total. The van der Waals surface area contributed by atoms with Crippen molar-refractivity contribution in [2.75, 3.05) is 31.2 Å². The van der Waals surface area contributed by atoms with Gasteiger partial charge in [-0.25, -0.2) is 14.4 Å². The molecule has 8 heteroatoms. The number of benzene rings is 3. The number of terminal acetylenes is 1. The summed E-state index contributed by atoms with van der Waals surface area (Å²) in [5.41, 5.74) is 9.16. The number of anilines is 3. The van der Waals surface area contributed by atoms with Gasteiger partial charge in [-0.1, -0.05) is 36.6 Å². The van der Waals surface area contributed by atoms with E-state index in [1.54, 1.807) is 42.5 Å². The van der Waals surface area contributed by atoms with Crippen LogP contribution < -0.4 is 15.8 Å². The molecule has 3 N–H and O–H groups in total. The third-order valence-electron chi connectivity index (χ3n) is 7.24. The summed E-state index contributed by atoms with van der Waals surface area (Å²) < 4.78 is 19.0. The van der Waals surface area contributed by atoms with E-state index >= 15 is 0 Å². The van der Waals surface area contributed by atoms with E-state index in [1.807, 2.05) is 0 Å². The first-order valence-electron chi connectivity index (χ1n) is 12.5. The number of halogens is 2. The van der Waals surface area contributed by atoms with Gasteiger partial charge in [0.05, 0.1) is 10.5 Å². The van der Waals surface area contributed by atoms with Crippen molar-refractivity contribution in [2.24, 2.45) is 17.8 Å². The highest BCUT2D eigenvalue weighted by Crippen LogP contribution is 2.50. The predicted molar refractivity (Wildman–Crippen MR) is 151 cm³/mol. The number of rotatable bonds is 5. The van der Waals surface area contributed by atoms with E-state index in [0.717, 1.165) is 23.1 Å². The molecule has 2 fully saturated rings. The number of nitrogens with zero attached hydrogens (tertiary/aromatic N) is 3. The van der Waals surface area contributed by atoms with Crippen LogP contribution >= 0.6 is 11.6 Å². The van der Waals surface area contributed by atoms with Crippen LogP contribution in [0.25, 0.3) is 10.9 Å². The van der Waals surface area contributed by atoms with Crippen LogP contribution in [-0.4, -0.2) is 35.0 Å². The lowest BCUT2D eigenvalue weighted by Crippen LogP contribution is -2.18. The molecule has 0 bridgehead atoms.